The minimum atomic E-state index is -4.91. The molecule has 0 radical (unpaired) electrons. The Morgan fingerprint density at radius 1 is 0.864 bits per heavy atom. The summed E-state index contributed by atoms with van der Waals surface area (Å²) >= 11 is 0. The highest BCUT2D eigenvalue weighted by atomic mass is 32.2. The molecule has 1 fully saturated rings. The van der Waals surface area contributed by atoms with Crippen molar-refractivity contribution in [3.63, 3.8) is 0 Å². The van der Waals surface area contributed by atoms with Crippen LogP contribution < -0.4 is 10.2 Å². The number of aryl methyl sites for hydroxylation is 1. The second-order valence-corrected chi connectivity index (χ2v) is 18.3. The normalized spacial score (nSPS) is 16.3. The maximum atomic E-state index is 12.5. The molecular formula is C43H45N4O10S2+. The number of fused-ring (bicyclic) bond motifs is 3. The smallest absolute Gasteiger partial charge is 0.333 e. The summed E-state index contributed by atoms with van der Waals surface area (Å²) in [6.07, 6.45) is 11.3. The first-order valence-electron chi connectivity index (χ1n) is 19.1. The Kier molecular flexibility index (Phi) is 10.9. The van der Waals surface area contributed by atoms with Crippen LogP contribution in [0.4, 0.5) is 11.4 Å². The van der Waals surface area contributed by atoms with Gasteiger partial charge in [0.2, 0.25) is 5.69 Å². The molecule has 3 heterocycles. The Labute approximate surface area is 341 Å². The lowest BCUT2D eigenvalue weighted by Gasteiger charge is -2.18. The molecule has 1 aromatic heterocycles. The number of anilines is 1. The number of allylic oxidation sites excluding steroid dienone is 4. The summed E-state index contributed by atoms with van der Waals surface area (Å²) < 4.78 is 74.2. The van der Waals surface area contributed by atoms with Crippen molar-refractivity contribution >= 4 is 93.6 Å². The van der Waals surface area contributed by atoms with E-state index in [0.717, 1.165) is 33.7 Å². The highest BCUT2D eigenvalue weighted by Gasteiger charge is 2.46. The number of carbonyl (C=O) groups excluding carboxylic acids is 3. The molecule has 5 aromatic rings. The molecule has 14 nitrogen and oxygen atoms in total. The first-order chi connectivity index (χ1) is 27.8. The van der Waals surface area contributed by atoms with Crippen LogP contribution >= 0.6 is 0 Å². The third kappa shape index (κ3) is 7.68. The lowest BCUT2D eigenvalue weighted by Crippen LogP contribution is -2.31. The Hall–Kier alpha value is -5.68. The number of hydrogen-bond donors (Lipinski definition) is 2. The van der Waals surface area contributed by atoms with Crippen LogP contribution in [0.2, 0.25) is 0 Å². The standard InChI is InChI=1S/C43H44N4O10S2/c1-43(2)37(16-9-6-8-15-33-30-14-12-13-29-32(44(3)4)20-21-34(41(29)30)45(33)5)46(24-11-7-10-17-40(50)57-47-38(48)22-23-39(47)49)35-19-18-28-31(42(35)43)25-27(58(51,52)53)26-36(28)59(54,55)56/h6,8-9,12-16,18-21,25-26H,7,10-11,17,22-24H2,1-5H3,(H-,51,52,53,54,55,56)/p+1. The van der Waals surface area contributed by atoms with Gasteiger partial charge in [-0.3, -0.25) is 18.7 Å². The maximum Gasteiger partial charge on any atom is 0.333 e. The van der Waals surface area contributed by atoms with Crippen LogP contribution in [0.5, 0.6) is 0 Å². The van der Waals surface area contributed by atoms with Crippen LogP contribution in [-0.2, 0) is 51.9 Å². The molecule has 0 unspecified atom stereocenters. The van der Waals surface area contributed by atoms with Gasteiger partial charge in [0.1, 0.15) is 11.4 Å². The molecule has 4 aromatic carbocycles. The predicted octanol–water partition coefficient (Wildman–Crippen LogP) is 5.90. The molecule has 0 saturated carbocycles. The van der Waals surface area contributed by atoms with E-state index in [1.165, 1.54) is 22.9 Å². The van der Waals surface area contributed by atoms with Gasteiger partial charge in [0.15, 0.2) is 5.71 Å². The summed E-state index contributed by atoms with van der Waals surface area (Å²) in [7, 11) is -3.70. The molecule has 59 heavy (non-hydrogen) atoms. The van der Waals surface area contributed by atoms with Gasteiger partial charge >= 0.3 is 5.97 Å². The Bertz CT molecular complexity index is 2960. The zero-order chi connectivity index (χ0) is 42.6. The van der Waals surface area contributed by atoms with E-state index in [9.17, 15) is 40.3 Å². The number of nitrogens with zero attached hydrogens (tertiary/aromatic N) is 4. The number of rotatable bonds is 13. The maximum absolute atomic E-state index is 12.5. The van der Waals surface area contributed by atoms with Gasteiger partial charge < -0.3 is 14.3 Å². The highest BCUT2D eigenvalue weighted by Crippen LogP contribution is 2.46. The van der Waals surface area contributed by atoms with Gasteiger partial charge in [-0.25, -0.2) is 4.79 Å². The summed E-state index contributed by atoms with van der Waals surface area (Å²) in [4.78, 5) is 41.9. The van der Waals surface area contributed by atoms with Crippen molar-refractivity contribution in [1.82, 2.24) is 9.63 Å². The number of unbranched alkanes of at least 4 members (excludes halogenated alkanes) is 2. The monoisotopic (exact) mass is 841 g/mol. The van der Waals surface area contributed by atoms with E-state index >= 15 is 0 Å². The number of hydrogen-bond acceptors (Lipinski definition) is 9. The van der Waals surface area contributed by atoms with Crippen molar-refractivity contribution in [3.8, 4) is 0 Å². The lowest BCUT2D eigenvalue weighted by atomic mass is 9.79. The third-order valence-electron chi connectivity index (χ3n) is 11.1. The van der Waals surface area contributed by atoms with E-state index in [0.29, 0.717) is 42.1 Å². The zero-order valence-electron chi connectivity index (χ0n) is 33.3. The summed E-state index contributed by atoms with van der Waals surface area (Å²) in [5.41, 5.74) is 3.46. The van der Waals surface area contributed by atoms with Gasteiger partial charge in [-0.2, -0.15) is 21.4 Å². The first-order valence-corrected chi connectivity index (χ1v) is 22.0. The van der Waals surface area contributed by atoms with Crippen molar-refractivity contribution in [2.75, 3.05) is 25.5 Å². The van der Waals surface area contributed by atoms with Crippen molar-refractivity contribution in [2.45, 2.75) is 67.6 Å². The van der Waals surface area contributed by atoms with Crippen molar-refractivity contribution in [3.05, 3.63) is 89.8 Å². The van der Waals surface area contributed by atoms with Crippen LogP contribution in [0.3, 0.4) is 0 Å². The van der Waals surface area contributed by atoms with E-state index in [2.05, 4.69) is 44.4 Å². The summed E-state index contributed by atoms with van der Waals surface area (Å²) in [6, 6.07) is 15.7. The van der Waals surface area contributed by atoms with E-state index in [1.54, 1.807) is 6.07 Å². The van der Waals surface area contributed by atoms with Crippen LogP contribution in [0.1, 0.15) is 57.9 Å². The number of hydroxylamine groups is 2. The quantitative estimate of drug-likeness (QED) is 0.0473. The molecule has 16 heteroatoms. The van der Waals surface area contributed by atoms with Crippen molar-refractivity contribution < 1.29 is 49.7 Å². The van der Waals surface area contributed by atoms with Gasteiger partial charge in [0.25, 0.3) is 32.1 Å². The molecular weight excluding hydrogens is 797 g/mol. The van der Waals surface area contributed by atoms with Gasteiger partial charge in [-0.05, 0) is 68.5 Å². The number of aromatic nitrogens is 1. The third-order valence-corrected chi connectivity index (χ3v) is 12.9. The van der Waals surface area contributed by atoms with Gasteiger partial charge in [0, 0.05) is 103 Å². The second kappa shape index (κ2) is 15.5. The molecule has 308 valence electrons. The largest absolute Gasteiger partial charge is 0.377 e. The molecule has 0 aliphatic carbocycles. The molecule has 0 spiro atoms. The summed E-state index contributed by atoms with van der Waals surface area (Å²) in [6.45, 7) is 4.29. The molecule has 7 rings (SSSR count). The molecule has 2 N–H and O–H groups in total. The van der Waals surface area contributed by atoms with E-state index in [-0.39, 0.29) is 30.0 Å². The highest BCUT2D eigenvalue weighted by molar-refractivity contribution is 7.86. The number of carbonyl (C=O) groups is 3. The topological polar surface area (TPSA) is 184 Å². The second-order valence-electron chi connectivity index (χ2n) is 15.5. The fourth-order valence-corrected chi connectivity index (χ4v) is 9.73. The molecule has 2 amide bonds. The fraction of sp³-hybridized carbons (Fsp3) is 0.302. The van der Waals surface area contributed by atoms with Crippen LogP contribution in [0.25, 0.3) is 38.5 Å². The molecule has 1 saturated heterocycles. The molecule has 2 aliphatic heterocycles. The average molecular weight is 842 g/mol. The van der Waals surface area contributed by atoms with E-state index in [4.69, 9.17) is 4.84 Å². The van der Waals surface area contributed by atoms with Crippen LogP contribution in [-0.4, -0.2) is 84.3 Å². The minimum Gasteiger partial charge on any atom is -0.377 e. The van der Waals surface area contributed by atoms with Gasteiger partial charge in [0.05, 0.1) is 10.3 Å². The van der Waals surface area contributed by atoms with Gasteiger partial charge in [-0.15, -0.1) is 5.06 Å². The zero-order valence-corrected chi connectivity index (χ0v) is 34.9. The van der Waals surface area contributed by atoms with Crippen LogP contribution in [0.15, 0.2) is 88.7 Å². The van der Waals surface area contributed by atoms with E-state index < -0.39 is 53.2 Å². The molecule has 0 bridgehead atoms. The van der Waals surface area contributed by atoms with Crippen molar-refractivity contribution in [2.24, 2.45) is 7.05 Å². The summed E-state index contributed by atoms with van der Waals surface area (Å²) in [5, 5.41) is 5.35. The molecule has 0 atom stereocenters. The molecule has 2 aliphatic rings. The fourth-order valence-electron chi connectivity index (χ4n) is 8.39. The van der Waals surface area contributed by atoms with E-state index in [1.807, 2.05) is 65.4 Å². The minimum absolute atomic E-state index is 0.00505. The Balaban J connectivity index is 1.23. The van der Waals surface area contributed by atoms with Crippen molar-refractivity contribution in [1.29, 1.82) is 0 Å². The number of amides is 2. The Morgan fingerprint density at radius 3 is 2.25 bits per heavy atom. The SMILES string of the molecule is CN(C)c1ccc2c3c1cccc3/c(=C/C=C/C=C/C1=[N+](CCCCCC(=O)ON3C(=O)CCC3=O)c3ccc4c(S(=O)(=O)O)cc(S(=O)(=O)O)cc4c3C1(C)C)n2C. The Morgan fingerprint density at radius 2 is 1.58 bits per heavy atom. The van der Waals surface area contributed by atoms with Gasteiger partial charge in [-0.1, -0.05) is 36.4 Å². The number of imide groups is 1. The lowest BCUT2D eigenvalue weighted by molar-refractivity contribution is -0.438. The average Bonchev–Trinajstić information content (AvgIpc) is 3.71. The predicted molar refractivity (Wildman–Crippen MR) is 225 cm³/mol. The summed E-state index contributed by atoms with van der Waals surface area (Å²) in [5.74, 6) is -1.78. The van der Waals surface area contributed by atoms with Crippen LogP contribution in [0, 0.1) is 0 Å². The number of benzene rings is 4. The first kappa shape index (κ1) is 41.5.